The minimum atomic E-state index is -1.38. The average molecular weight is 214 g/mol. The van der Waals surface area contributed by atoms with Gasteiger partial charge in [-0.15, -0.1) is 0 Å². The van der Waals surface area contributed by atoms with Crippen molar-refractivity contribution < 1.29 is 24.2 Å². The van der Waals surface area contributed by atoms with E-state index in [0.29, 0.717) is 0 Å². The van der Waals surface area contributed by atoms with Crippen LogP contribution in [0.25, 0.3) is 0 Å². The normalized spacial score (nSPS) is 38.7. The lowest BCUT2D eigenvalue weighted by molar-refractivity contribution is -0.179. The number of carbonyl (C=O) groups is 2. The summed E-state index contributed by atoms with van der Waals surface area (Å²) < 4.78 is 10.1. The van der Waals surface area contributed by atoms with Crippen molar-refractivity contribution in [1.82, 2.24) is 0 Å². The van der Waals surface area contributed by atoms with E-state index in [-0.39, 0.29) is 25.0 Å². The van der Waals surface area contributed by atoms with Gasteiger partial charge in [0.05, 0.1) is 19.3 Å². The van der Waals surface area contributed by atoms with E-state index >= 15 is 0 Å². The van der Waals surface area contributed by atoms with E-state index in [9.17, 15) is 14.7 Å². The van der Waals surface area contributed by atoms with E-state index in [1.54, 1.807) is 0 Å². The molecule has 15 heavy (non-hydrogen) atoms. The Morgan fingerprint density at radius 3 is 2.27 bits per heavy atom. The second-order valence-corrected chi connectivity index (χ2v) is 4.24. The summed E-state index contributed by atoms with van der Waals surface area (Å²) in [6.45, 7) is 0. The number of hydrogen-bond acceptors (Lipinski definition) is 4. The summed E-state index contributed by atoms with van der Waals surface area (Å²) in [6.07, 6.45) is 1.97. The molecule has 2 fully saturated rings. The van der Waals surface area contributed by atoms with E-state index in [0.717, 1.165) is 12.8 Å². The maximum absolute atomic E-state index is 11.6. The molecule has 0 spiro atoms. The van der Waals surface area contributed by atoms with Crippen LogP contribution >= 0.6 is 0 Å². The Hall–Kier alpha value is -1.10. The Morgan fingerprint density at radius 2 is 1.87 bits per heavy atom. The van der Waals surface area contributed by atoms with Crippen molar-refractivity contribution in [3.8, 4) is 0 Å². The predicted octanol–water partition coefficient (Wildman–Crippen LogP) is 0.572. The fourth-order valence-corrected chi connectivity index (χ4v) is 2.56. The van der Waals surface area contributed by atoms with Crippen LogP contribution in [0.4, 0.5) is 0 Å². The van der Waals surface area contributed by atoms with Gasteiger partial charge < -0.3 is 14.6 Å². The highest BCUT2D eigenvalue weighted by Gasteiger charge is 2.55. The quantitative estimate of drug-likeness (QED) is 0.537. The second-order valence-electron chi connectivity index (χ2n) is 4.24. The Kier molecular flexibility index (Phi) is 2.42. The third-order valence-corrected chi connectivity index (χ3v) is 3.33. The number of aliphatic carboxylic acids is 1. The molecular formula is C10H14O5. The molecule has 5 nitrogen and oxygen atoms in total. The number of carbonyl (C=O) groups excluding carboxylic acids is 1. The molecular weight excluding hydrogens is 200 g/mol. The van der Waals surface area contributed by atoms with Gasteiger partial charge in [-0.2, -0.15) is 0 Å². The summed E-state index contributed by atoms with van der Waals surface area (Å²) in [4.78, 5) is 22.8. The summed E-state index contributed by atoms with van der Waals surface area (Å²) >= 11 is 0. The molecule has 2 rings (SSSR count). The van der Waals surface area contributed by atoms with Crippen molar-refractivity contribution in [2.45, 2.75) is 37.9 Å². The van der Waals surface area contributed by atoms with Gasteiger partial charge in [-0.05, 0) is 12.8 Å². The predicted molar refractivity (Wildman–Crippen MR) is 49.2 cm³/mol. The number of hydrogen-bond donors (Lipinski definition) is 1. The highest BCUT2D eigenvalue weighted by Crippen LogP contribution is 2.44. The van der Waals surface area contributed by atoms with Gasteiger partial charge in [0.2, 0.25) is 0 Å². The van der Waals surface area contributed by atoms with Crippen molar-refractivity contribution in [2.24, 2.45) is 5.41 Å². The van der Waals surface area contributed by atoms with Crippen LogP contribution < -0.4 is 0 Å². The number of fused-ring (bicyclic) bond motifs is 2. The maximum Gasteiger partial charge on any atom is 0.323 e. The van der Waals surface area contributed by atoms with Crippen molar-refractivity contribution in [3.05, 3.63) is 0 Å². The summed E-state index contributed by atoms with van der Waals surface area (Å²) in [5.74, 6) is -1.73. The molecule has 0 radical (unpaired) electrons. The Bertz CT molecular complexity index is 286. The first-order chi connectivity index (χ1) is 7.08. The molecule has 1 N–H and O–H groups in total. The Balaban J connectivity index is 2.27. The molecule has 2 bridgehead atoms. The minimum absolute atomic E-state index is 0.0982. The summed E-state index contributed by atoms with van der Waals surface area (Å²) in [5.41, 5.74) is -1.38. The topological polar surface area (TPSA) is 72.8 Å². The molecule has 2 aliphatic rings. The fourth-order valence-electron chi connectivity index (χ4n) is 2.56. The number of rotatable bonds is 2. The zero-order chi connectivity index (χ0) is 11.1. The van der Waals surface area contributed by atoms with E-state index in [1.807, 2.05) is 0 Å². The van der Waals surface area contributed by atoms with E-state index < -0.39 is 17.4 Å². The molecule has 2 atom stereocenters. The van der Waals surface area contributed by atoms with Crippen LogP contribution in [-0.4, -0.2) is 36.4 Å². The molecule has 2 aliphatic heterocycles. The van der Waals surface area contributed by atoms with Crippen LogP contribution in [0, 0.1) is 5.41 Å². The van der Waals surface area contributed by atoms with Crippen molar-refractivity contribution in [2.75, 3.05) is 7.11 Å². The summed E-state index contributed by atoms with van der Waals surface area (Å²) in [5, 5.41) is 9.20. The average Bonchev–Trinajstić information content (AvgIpc) is 2.56. The van der Waals surface area contributed by atoms with Crippen LogP contribution in [0.2, 0.25) is 0 Å². The molecule has 84 valence electrons. The zero-order valence-electron chi connectivity index (χ0n) is 8.56. The highest BCUT2D eigenvalue weighted by atomic mass is 16.5. The molecule has 2 unspecified atom stereocenters. The lowest BCUT2D eigenvalue weighted by Gasteiger charge is -2.34. The van der Waals surface area contributed by atoms with Gasteiger partial charge in [0.25, 0.3) is 0 Å². The number of methoxy groups -OCH3 is 1. The third kappa shape index (κ3) is 1.51. The standard InChI is InChI=1S/C10H14O5/c1-14-9(13)10(8(11)12)4-6-2-3-7(5-10)15-6/h6-7H,2-5H2,1H3,(H,11,12). The van der Waals surface area contributed by atoms with E-state index in [1.165, 1.54) is 7.11 Å². The van der Waals surface area contributed by atoms with Crippen molar-refractivity contribution >= 4 is 11.9 Å². The van der Waals surface area contributed by atoms with Crippen LogP contribution in [0.1, 0.15) is 25.7 Å². The van der Waals surface area contributed by atoms with Crippen molar-refractivity contribution in [3.63, 3.8) is 0 Å². The number of ether oxygens (including phenoxy) is 2. The molecule has 0 aromatic heterocycles. The Labute approximate surface area is 87.4 Å². The molecule has 2 heterocycles. The van der Waals surface area contributed by atoms with Gasteiger partial charge in [-0.1, -0.05) is 0 Å². The second kappa shape index (κ2) is 3.48. The summed E-state index contributed by atoms with van der Waals surface area (Å²) in [6, 6.07) is 0. The van der Waals surface area contributed by atoms with Gasteiger partial charge in [0, 0.05) is 12.8 Å². The van der Waals surface area contributed by atoms with E-state index in [4.69, 9.17) is 4.74 Å². The molecule has 0 saturated carbocycles. The molecule has 0 aliphatic carbocycles. The SMILES string of the molecule is COC(=O)C1(C(=O)O)CC2CCC(C1)O2. The third-order valence-electron chi connectivity index (χ3n) is 3.33. The first kappa shape index (κ1) is 10.4. The minimum Gasteiger partial charge on any atom is -0.480 e. The zero-order valence-corrected chi connectivity index (χ0v) is 8.56. The van der Waals surface area contributed by atoms with Crippen LogP contribution in [0.5, 0.6) is 0 Å². The van der Waals surface area contributed by atoms with E-state index in [2.05, 4.69) is 4.74 Å². The van der Waals surface area contributed by atoms with Gasteiger partial charge in [-0.3, -0.25) is 9.59 Å². The maximum atomic E-state index is 11.6. The first-order valence-electron chi connectivity index (χ1n) is 5.06. The van der Waals surface area contributed by atoms with Gasteiger partial charge in [0.15, 0.2) is 5.41 Å². The number of carboxylic acids is 1. The number of carboxylic acid groups (broad SMARTS) is 1. The van der Waals surface area contributed by atoms with Crippen LogP contribution in [-0.2, 0) is 19.1 Å². The molecule has 0 aromatic carbocycles. The Morgan fingerprint density at radius 1 is 1.33 bits per heavy atom. The first-order valence-corrected chi connectivity index (χ1v) is 5.06. The highest BCUT2D eigenvalue weighted by molar-refractivity contribution is 5.99. The molecule has 0 aromatic rings. The summed E-state index contributed by atoms with van der Waals surface area (Å²) in [7, 11) is 1.23. The van der Waals surface area contributed by atoms with Crippen LogP contribution in [0.15, 0.2) is 0 Å². The lowest BCUT2D eigenvalue weighted by Crippen LogP contribution is -2.47. The molecule has 2 saturated heterocycles. The van der Waals surface area contributed by atoms with Crippen LogP contribution in [0.3, 0.4) is 0 Å². The number of esters is 1. The molecule has 0 amide bonds. The monoisotopic (exact) mass is 214 g/mol. The van der Waals surface area contributed by atoms with Gasteiger partial charge >= 0.3 is 11.9 Å². The fraction of sp³-hybridized carbons (Fsp3) is 0.800. The smallest absolute Gasteiger partial charge is 0.323 e. The largest absolute Gasteiger partial charge is 0.480 e. The van der Waals surface area contributed by atoms with Gasteiger partial charge in [0.1, 0.15) is 0 Å². The lowest BCUT2D eigenvalue weighted by atomic mass is 9.77. The van der Waals surface area contributed by atoms with Gasteiger partial charge in [-0.25, -0.2) is 0 Å². The van der Waals surface area contributed by atoms with Crippen molar-refractivity contribution in [1.29, 1.82) is 0 Å². The molecule has 5 heteroatoms.